The van der Waals surface area contributed by atoms with Crippen molar-refractivity contribution in [1.82, 2.24) is 24.9 Å². The summed E-state index contributed by atoms with van der Waals surface area (Å²) in [5.41, 5.74) is 0.642. The lowest BCUT2D eigenvalue weighted by atomic mass is 9.96. The van der Waals surface area contributed by atoms with E-state index in [4.69, 9.17) is 14.6 Å². The molecule has 42 heavy (non-hydrogen) atoms. The number of amides is 5. The molecule has 2 N–H and O–H groups in total. The Morgan fingerprint density at radius 2 is 1.57 bits per heavy atom. The molecule has 4 fully saturated rings. The highest BCUT2D eigenvalue weighted by molar-refractivity contribution is 6.04. The highest BCUT2D eigenvalue weighted by atomic mass is 16.6. The molecular weight excluding hydrogens is 544 g/mol. The molecule has 4 heterocycles. The smallest absolute Gasteiger partial charge is 0.410 e. The maximum Gasteiger partial charge on any atom is 0.410 e. The molecule has 1 atom stereocenters. The van der Waals surface area contributed by atoms with Gasteiger partial charge in [0.05, 0.1) is 7.11 Å². The molecule has 5 amide bonds. The van der Waals surface area contributed by atoms with Gasteiger partial charge in [0, 0.05) is 71.1 Å². The van der Waals surface area contributed by atoms with E-state index in [0.717, 1.165) is 50.5 Å². The molecule has 0 bridgehead atoms. The van der Waals surface area contributed by atoms with Crippen molar-refractivity contribution in [3.05, 3.63) is 24.3 Å². The van der Waals surface area contributed by atoms with Crippen molar-refractivity contribution in [3.8, 4) is 5.75 Å². The predicted molar refractivity (Wildman–Crippen MR) is 156 cm³/mol. The summed E-state index contributed by atoms with van der Waals surface area (Å²) in [5.74, 6) is 1.15. The van der Waals surface area contributed by atoms with Gasteiger partial charge in [-0.25, -0.2) is 14.4 Å². The number of nitrogens with one attached hydrogen (secondary N) is 1. The largest absolute Gasteiger partial charge is 0.497 e. The van der Waals surface area contributed by atoms with Gasteiger partial charge < -0.3 is 34.2 Å². The van der Waals surface area contributed by atoms with E-state index in [1.54, 1.807) is 16.9 Å². The minimum absolute atomic E-state index is 0.186. The van der Waals surface area contributed by atoms with Gasteiger partial charge in [-0.15, -0.1) is 0 Å². The Morgan fingerprint density at radius 3 is 2.14 bits per heavy atom. The molecule has 5 rings (SSSR count). The number of piperidine rings is 1. The van der Waals surface area contributed by atoms with Crippen LogP contribution in [0.15, 0.2) is 24.3 Å². The quantitative estimate of drug-likeness (QED) is 0.508. The van der Waals surface area contributed by atoms with Gasteiger partial charge in [-0.3, -0.25) is 15.0 Å². The number of urea groups is 1. The number of benzene rings is 1. The summed E-state index contributed by atoms with van der Waals surface area (Å²) >= 11 is 0. The number of carboxylic acid groups (broad SMARTS) is 1. The van der Waals surface area contributed by atoms with E-state index in [0.29, 0.717) is 45.2 Å². The fourth-order valence-corrected chi connectivity index (χ4v) is 5.67. The van der Waals surface area contributed by atoms with E-state index < -0.39 is 11.7 Å². The first-order chi connectivity index (χ1) is 19.9. The maximum absolute atomic E-state index is 12.1. The van der Waals surface area contributed by atoms with Crippen LogP contribution in [0, 0.1) is 5.92 Å². The summed E-state index contributed by atoms with van der Waals surface area (Å²) < 4.78 is 10.5. The first kappa shape index (κ1) is 31.2. The van der Waals surface area contributed by atoms with Crippen LogP contribution >= 0.6 is 0 Å². The minimum atomic E-state index is -0.834. The molecule has 13 heteroatoms. The van der Waals surface area contributed by atoms with Gasteiger partial charge in [0.1, 0.15) is 17.4 Å². The van der Waals surface area contributed by atoms with Gasteiger partial charge in [0.15, 0.2) is 0 Å². The van der Waals surface area contributed by atoms with Gasteiger partial charge in [0.2, 0.25) is 0 Å². The van der Waals surface area contributed by atoms with E-state index in [-0.39, 0.29) is 24.1 Å². The van der Waals surface area contributed by atoms with Crippen molar-refractivity contribution in [2.45, 2.75) is 45.3 Å². The molecule has 0 radical (unpaired) electrons. The fraction of sp³-hybridized carbons (Fsp3) is 0.655. The van der Waals surface area contributed by atoms with Crippen LogP contribution in [0.3, 0.4) is 0 Å². The topological polar surface area (TPSA) is 135 Å². The van der Waals surface area contributed by atoms with Crippen LogP contribution in [0.5, 0.6) is 5.75 Å². The van der Waals surface area contributed by atoms with Crippen molar-refractivity contribution in [3.63, 3.8) is 0 Å². The Kier molecular flexibility index (Phi) is 10.0. The molecule has 0 saturated carbocycles. The number of carbonyl (C=O) groups is 4. The van der Waals surface area contributed by atoms with Crippen molar-refractivity contribution >= 4 is 29.8 Å². The third-order valence-corrected chi connectivity index (χ3v) is 8.03. The summed E-state index contributed by atoms with van der Waals surface area (Å²) in [6, 6.07) is 7.21. The molecule has 13 nitrogen and oxygen atoms in total. The Labute approximate surface area is 247 Å². The molecule has 0 aliphatic carbocycles. The standard InChI is InChI=1S/C17H28N4O4.C12H16N2O3/c1-17(2,3)25-16(24)20-6-4-12(5-7-20)10-19-8-9-21-13(11-19)14(22)18-15(21)23;1-17-11-4-2-10(3-5-11)13-6-8-14(9-7-13)12(15)16/h12-13H,4-11H2,1-3H3,(H,18,22,23);2-5H,6-9H2,1H3,(H,15,16). The van der Waals surface area contributed by atoms with E-state index in [2.05, 4.69) is 15.1 Å². The number of hydrogen-bond donors (Lipinski definition) is 2. The number of rotatable bonds is 4. The number of imide groups is 1. The average Bonchev–Trinajstić information content (AvgIpc) is 3.25. The second kappa shape index (κ2) is 13.5. The third-order valence-electron chi connectivity index (χ3n) is 8.03. The summed E-state index contributed by atoms with van der Waals surface area (Å²) in [4.78, 5) is 55.7. The van der Waals surface area contributed by atoms with Gasteiger partial charge in [-0.1, -0.05) is 0 Å². The Hall–Kier alpha value is -3.74. The molecule has 0 aromatic heterocycles. The highest BCUT2D eigenvalue weighted by Gasteiger charge is 2.42. The number of carbonyl (C=O) groups excluding carboxylic acids is 3. The van der Waals surface area contributed by atoms with Crippen molar-refractivity contribution < 1.29 is 33.8 Å². The molecule has 4 saturated heterocycles. The zero-order valence-electron chi connectivity index (χ0n) is 25.1. The van der Waals surface area contributed by atoms with Gasteiger partial charge in [0.25, 0.3) is 5.91 Å². The lowest BCUT2D eigenvalue weighted by Gasteiger charge is -2.39. The maximum atomic E-state index is 12.1. The predicted octanol–water partition coefficient (Wildman–Crippen LogP) is 2.36. The summed E-state index contributed by atoms with van der Waals surface area (Å²) in [6.07, 6.45) is 0.810. The monoisotopic (exact) mass is 588 g/mol. The number of piperazine rings is 2. The second-order valence-electron chi connectivity index (χ2n) is 12.1. The normalized spacial score (nSPS) is 21.8. The van der Waals surface area contributed by atoms with E-state index in [1.165, 1.54) is 4.90 Å². The first-order valence-corrected chi connectivity index (χ1v) is 14.6. The molecule has 1 aromatic rings. The fourth-order valence-electron chi connectivity index (χ4n) is 5.67. The van der Waals surface area contributed by atoms with Crippen LogP contribution in [-0.2, 0) is 9.53 Å². The van der Waals surface area contributed by atoms with Gasteiger partial charge in [-0.2, -0.15) is 0 Å². The molecule has 0 spiro atoms. The summed E-state index contributed by atoms with van der Waals surface area (Å²) in [5, 5.41) is 11.2. The van der Waals surface area contributed by atoms with Crippen molar-refractivity contribution in [1.29, 1.82) is 0 Å². The molecule has 232 valence electrons. The van der Waals surface area contributed by atoms with Gasteiger partial charge >= 0.3 is 18.2 Å². The molecule has 1 aromatic carbocycles. The Morgan fingerprint density at radius 1 is 0.929 bits per heavy atom. The average molecular weight is 589 g/mol. The number of fused-ring (bicyclic) bond motifs is 1. The summed E-state index contributed by atoms with van der Waals surface area (Å²) in [7, 11) is 1.64. The molecule has 1 unspecified atom stereocenters. The van der Waals surface area contributed by atoms with Crippen molar-refractivity contribution in [2.24, 2.45) is 5.92 Å². The SMILES string of the molecule is CC(C)(C)OC(=O)N1CCC(CN2CCN3C(=O)NC(=O)C3C2)CC1.COc1ccc(N2CCN(C(=O)O)CC2)cc1. The van der Waals surface area contributed by atoms with Crippen LogP contribution in [0.2, 0.25) is 0 Å². The number of ether oxygens (including phenoxy) is 2. The summed E-state index contributed by atoms with van der Waals surface area (Å²) in [6.45, 7) is 12.5. The third kappa shape index (κ3) is 8.17. The number of nitrogens with zero attached hydrogens (tertiary/aromatic N) is 5. The minimum Gasteiger partial charge on any atom is -0.497 e. The molecule has 4 aliphatic heterocycles. The van der Waals surface area contributed by atoms with Crippen molar-refractivity contribution in [2.75, 3.05) is 77.5 Å². The van der Waals surface area contributed by atoms with Gasteiger partial charge in [-0.05, 0) is 63.8 Å². The van der Waals surface area contributed by atoms with Crippen LogP contribution in [0.4, 0.5) is 20.1 Å². The zero-order chi connectivity index (χ0) is 30.4. The van der Waals surface area contributed by atoms with E-state index in [1.807, 2.05) is 45.0 Å². The number of hydrogen-bond acceptors (Lipinski definition) is 8. The first-order valence-electron chi connectivity index (χ1n) is 14.6. The van der Waals surface area contributed by atoms with E-state index >= 15 is 0 Å². The Bertz CT molecular complexity index is 1110. The lowest BCUT2D eigenvalue weighted by Crippen LogP contribution is -2.54. The van der Waals surface area contributed by atoms with Crippen LogP contribution in [0.25, 0.3) is 0 Å². The Balaban J connectivity index is 0.000000208. The van der Waals surface area contributed by atoms with Crippen LogP contribution in [-0.4, -0.2) is 133 Å². The lowest BCUT2D eigenvalue weighted by molar-refractivity contribution is -0.122. The van der Waals surface area contributed by atoms with Crippen LogP contribution in [0.1, 0.15) is 33.6 Å². The highest BCUT2D eigenvalue weighted by Crippen LogP contribution is 2.23. The van der Waals surface area contributed by atoms with Crippen LogP contribution < -0.4 is 15.0 Å². The molecule has 4 aliphatic rings. The number of anilines is 1. The van der Waals surface area contributed by atoms with E-state index in [9.17, 15) is 19.2 Å². The molecular formula is C29H44N6O7. The second-order valence-corrected chi connectivity index (χ2v) is 12.1. The number of likely N-dealkylation sites (tertiary alicyclic amines) is 1. The number of methoxy groups -OCH3 is 1. The zero-order valence-corrected chi connectivity index (χ0v) is 25.1.